The van der Waals surface area contributed by atoms with E-state index in [0.29, 0.717) is 16.4 Å². The van der Waals surface area contributed by atoms with Gasteiger partial charge < -0.3 is 4.90 Å². The van der Waals surface area contributed by atoms with Gasteiger partial charge in [-0.1, -0.05) is 25.3 Å². The molecule has 2 aliphatic rings. The number of rotatable bonds is 4. The van der Waals surface area contributed by atoms with Gasteiger partial charge in [0.15, 0.2) is 0 Å². The molecule has 2 aliphatic carbocycles. The van der Waals surface area contributed by atoms with Crippen LogP contribution in [0.4, 0.5) is 4.39 Å². The van der Waals surface area contributed by atoms with Gasteiger partial charge in [0.25, 0.3) is 5.91 Å². The lowest BCUT2D eigenvalue weighted by Crippen LogP contribution is -2.38. The van der Waals surface area contributed by atoms with Crippen molar-refractivity contribution in [3.05, 3.63) is 34.1 Å². The van der Waals surface area contributed by atoms with Crippen LogP contribution < -0.4 is 0 Å². The van der Waals surface area contributed by atoms with Crippen LogP contribution in [0.25, 0.3) is 0 Å². The molecule has 0 aromatic heterocycles. The van der Waals surface area contributed by atoms with E-state index in [4.69, 9.17) is 0 Å². The molecule has 1 aromatic carbocycles. The minimum absolute atomic E-state index is 0.145. The molecule has 2 nitrogen and oxygen atoms in total. The molecule has 21 heavy (non-hydrogen) atoms. The van der Waals surface area contributed by atoms with Crippen LogP contribution in [-0.4, -0.2) is 23.4 Å². The Labute approximate surface area is 133 Å². The lowest BCUT2D eigenvalue weighted by atomic mass is 9.88. The number of hydrogen-bond acceptors (Lipinski definition) is 1. The molecule has 0 N–H and O–H groups in total. The van der Waals surface area contributed by atoms with Gasteiger partial charge in [-0.05, 0) is 59.7 Å². The molecule has 4 heteroatoms. The second-order valence-corrected chi connectivity index (χ2v) is 7.14. The highest BCUT2D eigenvalue weighted by atomic mass is 79.9. The largest absolute Gasteiger partial charge is 0.335 e. The first-order chi connectivity index (χ1) is 10.2. The third kappa shape index (κ3) is 3.47. The van der Waals surface area contributed by atoms with Gasteiger partial charge in [0.05, 0.1) is 5.56 Å². The Morgan fingerprint density at radius 1 is 1.19 bits per heavy atom. The quantitative estimate of drug-likeness (QED) is 0.763. The third-order valence-electron chi connectivity index (χ3n) is 4.60. The molecule has 0 saturated heterocycles. The van der Waals surface area contributed by atoms with Crippen LogP contribution in [0, 0.1) is 11.7 Å². The highest BCUT2D eigenvalue weighted by molar-refractivity contribution is 9.10. The molecule has 114 valence electrons. The minimum Gasteiger partial charge on any atom is -0.335 e. The molecule has 3 rings (SSSR count). The zero-order chi connectivity index (χ0) is 14.8. The number of hydrogen-bond donors (Lipinski definition) is 0. The van der Waals surface area contributed by atoms with Gasteiger partial charge in [0.2, 0.25) is 0 Å². The number of amides is 1. The van der Waals surface area contributed by atoms with Crippen molar-refractivity contribution >= 4 is 21.8 Å². The SMILES string of the molecule is O=C(c1c(F)cccc1Br)N(CC1CCCCC1)C1CC1. The normalized spacial score (nSPS) is 19.5. The summed E-state index contributed by atoms with van der Waals surface area (Å²) in [6.45, 7) is 0.796. The molecule has 0 spiro atoms. The maximum Gasteiger partial charge on any atom is 0.258 e. The highest BCUT2D eigenvalue weighted by Gasteiger charge is 2.36. The molecule has 2 saturated carbocycles. The summed E-state index contributed by atoms with van der Waals surface area (Å²) < 4.78 is 14.6. The van der Waals surface area contributed by atoms with Gasteiger partial charge in [-0.15, -0.1) is 0 Å². The number of nitrogens with zero attached hydrogens (tertiary/aromatic N) is 1. The van der Waals surface area contributed by atoms with Gasteiger partial charge in [-0.2, -0.15) is 0 Å². The maximum atomic E-state index is 14.0. The molecule has 0 unspecified atom stereocenters. The van der Waals surface area contributed by atoms with E-state index in [2.05, 4.69) is 15.9 Å². The Kier molecular flexibility index (Phi) is 4.63. The Morgan fingerprint density at radius 2 is 1.90 bits per heavy atom. The summed E-state index contributed by atoms with van der Waals surface area (Å²) in [7, 11) is 0. The number of benzene rings is 1. The summed E-state index contributed by atoms with van der Waals surface area (Å²) in [5.74, 6) is 0.0190. The van der Waals surface area contributed by atoms with E-state index in [9.17, 15) is 9.18 Å². The van der Waals surface area contributed by atoms with Crippen LogP contribution in [0.1, 0.15) is 55.3 Å². The lowest BCUT2D eigenvalue weighted by molar-refractivity contribution is 0.0693. The highest BCUT2D eigenvalue weighted by Crippen LogP contribution is 2.33. The molecule has 0 bridgehead atoms. The molecule has 1 aromatic rings. The summed E-state index contributed by atoms with van der Waals surface area (Å²) in [5.41, 5.74) is 0.195. The predicted octanol–water partition coefficient (Wildman–Crippen LogP) is 4.77. The first-order valence-corrected chi connectivity index (χ1v) is 8.71. The van der Waals surface area contributed by atoms with Crippen molar-refractivity contribution < 1.29 is 9.18 Å². The van der Waals surface area contributed by atoms with E-state index < -0.39 is 5.82 Å². The first-order valence-electron chi connectivity index (χ1n) is 7.92. The van der Waals surface area contributed by atoms with Crippen molar-refractivity contribution in [1.29, 1.82) is 0 Å². The monoisotopic (exact) mass is 353 g/mol. The Hall–Kier alpha value is -0.900. The van der Waals surface area contributed by atoms with Crippen LogP contribution in [0.3, 0.4) is 0 Å². The van der Waals surface area contributed by atoms with Gasteiger partial charge in [-0.3, -0.25) is 4.79 Å². The van der Waals surface area contributed by atoms with Crippen molar-refractivity contribution in [2.45, 2.75) is 51.0 Å². The van der Waals surface area contributed by atoms with Crippen molar-refractivity contribution in [2.24, 2.45) is 5.92 Å². The topological polar surface area (TPSA) is 20.3 Å². The van der Waals surface area contributed by atoms with Crippen LogP contribution in [0.15, 0.2) is 22.7 Å². The molecule has 1 amide bonds. The van der Waals surface area contributed by atoms with E-state index in [1.807, 2.05) is 4.90 Å². The van der Waals surface area contributed by atoms with E-state index in [0.717, 1.165) is 19.4 Å². The molecular weight excluding hydrogens is 333 g/mol. The van der Waals surface area contributed by atoms with E-state index in [1.54, 1.807) is 12.1 Å². The summed E-state index contributed by atoms with van der Waals surface area (Å²) in [6, 6.07) is 5.05. The second kappa shape index (κ2) is 6.47. The van der Waals surface area contributed by atoms with Crippen molar-refractivity contribution in [1.82, 2.24) is 4.90 Å². The van der Waals surface area contributed by atoms with E-state index in [-0.39, 0.29) is 11.5 Å². The summed E-state index contributed by atoms with van der Waals surface area (Å²) in [6.07, 6.45) is 8.37. The minimum atomic E-state index is -0.427. The lowest BCUT2D eigenvalue weighted by Gasteiger charge is -2.30. The smallest absolute Gasteiger partial charge is 0.258 e. The van der Waals surface area contributed by atoms with Crippen molar-refractivity contribution in [2.75, 3.05) is 6.54 Å². The van der Waals surface area contributed by atoms with E-state index in [1.165, 1.54) is 38.2 Å². The van der Waals surface area contributed by atoms with Crippen LogP contribution in [0.5, 0.6) is 0 Å². The average Bonchev–Trinajstić information content (AvgIpc) is 3.30. The fourth-order valence-corrected chi connectivity index (χ4v) is 3.79. The van der Waals surface area contributed by atoms with Crippen molar-refractivity contribution in [3.8, 4) is 0 Å². The zero-order valence-corrected chi connectivity index (χ0v) is 13.7. The standard InChI is InChI=1S/C17H21BrFNO/c18-14-7-4-8-15(19)16(14)17(21)20(13-9-10-13)11-12-5-2-1-3-6-12/h4,7-8,12-13H,1-3,5-6,9-11H2. The van der Waals surface area contributed by atoms with E-state index >= 15 is 0 Å². The second-order valence-electron chi connectivity index (χ2n) is 6.29. The van der Waals surface area contributed by atoms with Gasteiger partial charge >= 0.3 is 0 Å². The zero-order valence-electron chi connectivity index (χ0n) is 12.2. The Bertz CT molecular complexity index is 503. The van der Waals surface area contributed by atoms with Crippen LogP contribution in [-0.2, 0) is 0 Å². The van der Waals surface area contributed by atoms with Gasteiger partial charge in [-0.25, -0.2) is 4.39 Å². The number of carbonyl (C=O) groups is 1. The molecule has 2 fully saturated rings. The predicted molar refractivity (Wildman–Crippen MR) is 84.7 cm³/mol. The maximum absolute atomic E-state index is 14.0. The molecule has 0 heterocycles. The van der Waals surface area contributed by atoms with Crippen molar-refractivity contribution in [3.63, 3.8) is 0 Å². The number of halogens is 2. The first kappa shape index (κ1) is 15.0. The summed E-state index contributed by atoms with van der Waals surface area (Å²) in [4.78, 5) is 14.7. The fourth-order valence-electron chi connectivity index (χ4n) is 3.28. The van der Waals surface area contributed by atoms with Crippen LogP contribution >= 0.6 is 15.9 Å². The third-order valence-corrected chi connectivity index (χ3v) is 5.27. The van der Waals surface area contributed by atoms with Gasteiger partial charge in [0, 0.05) is 17.1 Å². The number of carbonyl (C=O) groups excluding carboxylic acids is 1. The Morgan fingerprint density at radius 3 is 2.52 bits per heavy atom. The Balaban J connectivity index is 1.78. The molecule has 0 atom stereocenters. The average molecular weight is 354 g/mol. The van der Waals surface area contributed by atoms with Gasteiger partial charge in [0.1, 0.15) is 5.82 Å². The molecular formula is C17H21BrFNO. The fraction of sp³-hybridized carbons (Fsp3) is 0.588. The molecule has 0 aliphatic heterocycles. The summed E-state index contributed by atoms with van der Waals surface area (Å²) >= 11 is 3.32. The van der Waals surface area contributed by atoms with Crippen LogP contribution in [0.2, 0.25) is 0 Å². The molecule has 0 radical (unpaired) electrons. The summed E-state index contributed by atoms with van der Waals surface area (Å²) in [5, 5.41) is 0.